The van der Waals surface area contributed by atoms with Gasteiger partial charge in [-0.1, -0.05) is 170 Å². The molecule has 0 aliphatic heterocycles. The highest BCUT2D eigenvalue weighted by Crippen LogP contribution is 2.51. The van der Waals surface area contributed by atoms with Gasteiger partial charge in [-0.25, -0.2) is 0 Å². The topological polar surface area (TPSA) is 19.6 Å². The Labute approximate surface area is 376 Å². The molecule has 0 radical (unpaired) electrons. The molecule has 0 spiro atoms. The second-order valence-corrected chi connectivity index (χ2v) is 17.4. The van der Waals surface area contributed by atoms with Gasteiger partial charge in [0, 0.05) is 55.1 Å². The third-order valence-corrected chi connectivity index (χ3v) is 13.4. The Bertz CT molecular complexity index is 4070. The van der Waals surface area contributed by atoms with Crippen molar-refractivity contribution in [2.45, 2.75) is 13.8 Å². The van der Waals surface area contributed by atoms with Gasteiger partial charge in [0.2, 0.25) is 0 Å². The van der Waals surface area contributed by atoms with Crippen LogP contribution in [0.25, 0.3) is 86.6 Å². The summed E-state index contributed by atoms with van der Waals surface area (Å²) in [6.07, 6.45) is 0. The zero-order valence-corrected chi connectivity index (χ0v) is 36.1. The smallest absolute Gasteiger partial charge is 0.143 e. The second-order valence-electron chi connectivity index (χ2n) is 17.4. The van der Waals surface area contributed by atoms with Gasteiger partial charge in [-0.3, -0.25) is 0 Å². The van der Waals surface area contributed by atoms with Crippen LogP contribution in [-0.2, 0) is 0 Å². The summed E-state index contributed by atoms with van der Waals surface area (Å²) in [6.45, 7) is 4.35. The molecule has 13 aromatic rings. The van der Waals surface area contributed by atoms with Crippen LogP contribution in [0.3, 0.4) is 0 Å². The van der Waals surface area contributed by atoms with Gasteiger partial charge in [0.05, 0.1) is 22.7 Å². The number of benzene rings is 12. The van der Waals surface area contributed by atoms with E-state index >= 15 is 0 Å². The van der Waals surface area contributed by atoms with E-state index in [-0.39, 0.29) is 0 Å². The van der Waals surface area contributed by atoms with Gasteiger partial charge in [-0.15, -0.1) is 0 Å². The molecule has 65 heavy (non-hydrogen) atoms. The lowest BCUT2D eigenvalue weighted by atomic mass is 9.96. The maximum Gasteiger partial charge on any atom is 0.143 e. The van der Waals surface area contributed by atoms with Crippen molar-refractivity contribution in [2.75, 3.05) is 9.80 Å². The highest BCUT2D eigenvalue weighted by atomic mass is 16.3. The van der Waals surface area contributed by atoms with Gasteiger partial charge in [-0.05, 0) is 105 Å². The molecule has 0 aliphatic rings. The van der Waals surface area contributed by atoms with Crippen molar-refractivity contribution in [3.05, 3.63) is 230 Å². The summed E-state index contributed by atoms with van der Waals surface area (Å²) in [5, 5.41) is 16.4. The maximum absolute atomic E-state index is 7.27. The van der Waals surface area contributed by atoms with Crippen LogP contribution in [0.15, 0.2) is 223 Å². The van der Waals surface area contributed by atoms with E-state index in [0.29, 0.717) is 0 Å². The van der Waals surface area contributed by atoms with E-state index in [1.807, 2.05) is 0 Å². The number of nitrogens with zero attached hydrogens (tertiary/aromatic N) is 2. The standard InChI is InChI=1S/C62H42N2O/c1-39-17-15-21-43(33-39)63(56-35-41-19-3-5-23-45(41)47-25-7-9-27-49(47)56)58-37-55-61-53-31-13-11-29-51(53)59(38-60(61)65-62(55)54-32-14-12-30-52(54)58)64(44-22-16-18-40(2)34-44)57-36-42-20-4-6-24-46(42)48-26-8-10-28-50(48)57/h3-38H,1-2H3. The average Bonchev–Trinajstić information content (AvgIpc) is 3.73. The minimum atomic E-state index is 0.844. The quantitative estimate of drug-likeness (QED) is 0.156. The Hall–Kier alpha value is -8.40. The number of rotatable bonds is 6. The molecule has 13 rings (SSSR count). The third-order valence-electron chi connectivity index (χ3n) is 13.4. The average molecular weight is 831 g/mol. The minimum absolute atomic E-state index is 0.844. The van der Waals surface area contributed by atoms with Gasteiger partial charge < -0.3 is 14.2 Å². The molecular formula is C62H42N2O. The molecule has 0 bridgehead atoms. The number of furan rings is 1. The van der Waals surface area contributed by atoms with E-state index in [0.717, 1.165) is 77.6 Å². The molecule has 3 heteroatoms. The van der Waals surface area contributed by atoms with E-state index in [9.17, 15) is 0 Å². The normalized spacial score (nSPS) is 11.8. The van der Waals surface area contributed by atoms with E-state index in [1.165, 1.54) is 54.2 Å². The number of anilines is 6. The Morgan fingerprint density at radius 1 is 0.292 bits per heavy atom. The van der Waals surface area contributed by atoms with E-state index < -0.39 is 0 Å². The Morgan fingerprint density at radius 2 is 0.677 bits per heavy atom. The first-order valence-corrected chi connectivity index (χ1v) is 22.4. The number of hydrogen-bond donors (Lipinski definition) is 0. The summed E-state index contributed by atoms with van der Waals surface area (Å²) in [6, 6.07) is 79.8. The van der Waals surface area contributed by atoms with Crippen molar-refractivity contribution in [3.8, 4) is 0 Å². The molecule has 0 N–H and O–H groups in total. The second kappa shape index (κ2) is 14.6. The van der Waals surface area contributed by atoms with Crippen LogP contribution in [0.5, 0.6) is 0 Å². The van der Waals surface area contributed by atoms with E-state index in [1.54, 1.807) is 0 Å². The maximum atomic E-state index is 7.27. The van der Waals surface area contributed by atoms with Crippen LogP contribution in [-0.4, -0.2) is 0 Å². The minimum Gasteiger partial charge on any atom is -0.455 e. The van der Waals surface area contributed by atoms with Crippen molar-refractivity contribution >= 4 is 121 Å². The monoisotopic (exact) mass is 830 g/mol. The zero-order valence-electron chi connectivity index (χ0n) is 36.1. The Balaban J connectivity index is 1.14. The van der Waals surface area contributed by atoms with Crippen LogP contribution in [0.1, 0.15) is 11.1 Å². The zero-order chi connectivity index (χ0) is 43.2. The molecule has 0 aliphatic carbocycles. The van der Waals surface area contributed by atoms with Crippen molar-refractivity contribution in [2.24, 2.45) is 0 Å². The fourth-order valence-electron chi connectivity index (χ4n) is 10.6. The van der Waals surface area contributed by atoms with Gasteiger partial charge in [0.1, 0.15) is 11.2 Å². The van der Waals surface area contributed by atoms with Gasteiger partial charge in [0.15, 0.2) is 0 Å². The van der Waals surface area contributed by atoms with Crippen molar-refractivity contribution in [1.29, 1.82) is 0 Å². The fraction of sp³-hybridized carbons (Fsp3) is 0.0323. The van der Waals surface area contributed by atoms with E-state index in [2.05, 4.69) is 242 Å². The molecule has 12 aromatic carbocycles. The summed E-state index contributed by atoms with van der Waals surface area (Å²) in [7, 11) is 0. The molecule has 0 saturated heterocycles. The summed E-state index contributed by atoms with van der Waals surface area (Å²) in [4.78, 5) is 4.92. The molecule has 0 amide bonds. The number of hydrogen-bond acceptors (Lipinski definition) is 3. The number of aryl methyl sites for hydroxylation is 2. The highest BCUT2D eigenvalue weighted by molar-refractivity contribution is 6.28. The van der Waals surface area contributed by atoms with Crippen molar-refractivity contribution < 1.29 is 4.42 Å². The first-order valence-electron chi connectivity index (χ1n) is 22.4. The summed E-state index contributed by atoms with van der Waals surface area (Å²) in [5.41, 5.74) is 10.7. The molecular weight excluding hydrogens is 789 g/mol. The van der Waals surface area contributed by atoms with Crippen molar-refractivity contribution in [3.63, 3.8) is 0 Å². The largest absolute Gasteiger partial charge is 0.455 e. The fourth-order valence-corrected chi connectivity index (χ4v) is 10.6. The first kappa shape index (κ1) is 37.2. The Morgan fingerprint density at radius 3 is 1.18 bits per heavy atom. The van der Waals surface area contributed by atoms with Gasteiger partial charge in [0.25, 0.3) is 0 Å². The molecule has 0 atom stereocenters. The van der Waals surface area contributed by atoms with Gasteiger partial charge in [-0.2, -0.15) is 0 Å². The molecule has 1 heterocycles. The number of fused-ring (bicyclic) bond motifs is 13. The molecule has 0 saturated carbocycles. The van der Waals surface area contributed by atoms with Crippen molar-refractivity contribution in [1.82, 2.24) is 0 Å². The predicted octanol–water partition coefficient (Wildman–Crippen LogP) is 18.1. The molecule has 0 unspecified atom stereocenters. The van der Waals surface area contributed by atoms with Gasteiger partial charge >= 0.3 is 0 Å². The highest BCUT2D eigenvalue weighted by Gasteiger charge is 2.26. The van der Waals surface area contributed by atoms with Crippen LogP contribution >= 0.6 is 0 Å². The molecule has 1 aromatic heterocycles. The van der Waals surface area contributed by atoms with Crippen LogP contribution < -0.4 is 9.80 Å². The molecule has 0 fully saturated rings. The lowest BCUT2D eigenvalue weighted by Crippen LogP contribution is -2.11. The molecule has 3 nitrogen and oxygen atoms in total. The summed E-state index contributed by atoms with van der Waals surface area (Å²) >= 11 is 0. The lowest BCUT2D eigenvalue weighted by Gasteiger charge is -2.29. The third kappa shape index (κ3) is 5.82. The first-order chi connectivity index (χ1) is 32.1. The predicted molar refractivity (Wildman–Crippen MR) is 278 cm³/mol. The van der Waals surface area contributed by atoms with Crippen LogP contribution in [0, 0.1) is 13.8 Å². The lowest BCUT2D eigenvalue weighted by molar-refractivity contribution is 0.673. The molecule has 306 valence electrons. The summed E-state index contributed by atoms with van der Waals surface area (Å²) < 4.78 is 7.27. The SMILES string of the molecule is Cc1cccc(N(c2cc3ccccc3c3ccccc23)c2cc3c(oc4cc(N(c5cccc(C)c5)c5cc6ccccc6c6ccccc56)c5ccccc5c43)c3ccccc23)c1. The van der Waals surface area contributed by atoms with E-state index in [4.69, 9.17) is 4.42 Å². The van der Waals surface area contributed by atoms with Crippen LogP contribution in [0.2, 0.25) is 0 Å². The summed E-state index contributed by atoms with van der Waals surface area (Å²) in [5.74, 6) is 0. The van der Waals surface area contributed by atoms with Crippen LogP contribution in [0.4, 0.5) is 34.1 Å². The Kier molecular flexibility index (Phi) is 8.34.